The number of sulfonamides is 1. The number of nitrogens with zero attached hydrogens (tertiary/aromatic N) is 1. The molecule has 1 aromatic carbocycles. The second kappa shape index (κ2) is 8.14. The van der Waals surface area contributed by atoms with Gasteiger partial charge < -0.3 is 10.1 Å². The lowest BCUT2D eigenvalue weighted by atomic mass is 10.3. The van der Waals surface area contributed by atoms with E-state index in [0.29, 0.717) is 24.4 Å². The van der Waals surface area contributed by atoms with Gasteiger partial charge in [0.25, 0.3) is 0 Å². The molecule has 22 heavy (non-hydrogen) atoms. The molecule has 1 amide bonds. The minimum atomic E-state index is -3.40. The van der Waals surface area contributed by atoms with E-state index in [1.54, 1.807) is 18.2 Å². The van der Waals surface area contributed by atoms with Gasteiger partial charge in [-0.15, -0.1) is 0 Å². The Kier molecular flexibility index (Phi) is 6.83. The highest BCUT2D eigenvalue weighted by Crippen LogP contribution is 2.24. The van der Waals surface area contributed by atoms with Gasteiger partial charge in [0.2, 0.25) is 15.9 Å². The Labute approximate surface area is 132 Å². The molecular weight excluding hydrogens is 304 g/mol. The van der Waals surface area contributed by atoms with Crippen molar-refractivity contribution >= 4 is 21.6 Å². The highest BCUT2D eigenvalue weighted by molar-refractivity contribution is 7.88. The fourth-order valence-corrected chi connectivity index (χ4v) is 2.75. The molecule has 0 saturated carbocycles. The zero-order valence-corrected chi connectivity index (χ0v) is 14.3. The minimum Gasteiger partial charge on any atom is -0.489 e. The lowest BCUT2D eigenvalue weighted by Crippen LogP contribution is -2.37. The standard InChI is InChI=1S/C15H24N2O4S/c1-5-10-17(22(4,19)20)11-15(18)16-13-8-6-7-9-14(13)21-12(2)3/h6-9,12H,5,10-11H2,1-4H3,(H,16,18). The Hall–Kier alpha value is -1.60. The van der Waals surface area contributed by atoms with Crippen LogP contribution in [0.5, 0.6) is 5.75 Å². The molecule has 0 saturated heterocycles. The molecule has 0 radical (unpaired) electrons. The average Bonchev–Trinajstić information content (AvgIpc) is 2.39. The Morgan fingerprint density at radius 3 is 2.50 bits per heavy atom. The first-order valence-corrected chi connectivity index (χ1v) is 9.09. The third kappa shape index (κ3) is 6.03. The molecule has 0 bridgehead atoms. The van der Waals surface area contributed by atoms with Crippen molar-refractivity contribution in [2.75, 3.05) is 24.7 Å². The molecule has 6 nitrogen and oxygen atoms in total. The van der Waals surface area contributed by atoms with E-state index in [0.717, 1.165) is 10.6 Å². The average molecular weight is 328 g/mol. The lowest BCUT2D eigenvalue weighted by Gasteiger charge is -2.19. The Morgan fingerprint density at radius 2 is 1.95 bits per heavy atom. The molecule has 1 aromatic rings. The number of carbonyl (C=O) groups excluding carboxylic acids is 1. The van der Waals surface area contributed by atoms with Crippen molar-refractivity contribution < 1.29 is 17.9 Å². The number of rotatable bonds is 8. The first-order valence-electron chi connectivity index (χ1n) is 7.24. The summed E-state index contributed by atoms with van der Waals surface area (Å²) >= 11 is 0. The summed E-state index contributed by atoms with van der Waals surface area (Å²) in [6, 6.07) is 7.08. The van der Waals surface area contributed by atoms with Gasteiger partial charge in [-0.05, 0) is 32.4 Å². The number of hydrogen-bond donors (Lipinski definition) is 1. The molecule has 0 atom stereocenters. The van der Waals surface area contributed by atoms with E-state index in [1.807, 2.05) is 26.8 Å². The van der Waals surface area contributed by atoms with Crippen molar-refractivity contribution in [1.29, 1.82) is 0 Å². The number of anilines is 1. The molecule has 0 aliphatic carbocycles. The highest BCUT2D eigenvalue weighted by atomic mass is 32.2. The van der Waals surface area contributed by atoms with E-state index < -0.39 is 15.9 Å². The Bertz CT molecular complexity index is 599. The largest absolute Gasteiger partial charge is 0.489 e. The lowest BCUT2D eigenvalue weighted by molar-refractivity contribution is -0.116. The fraction of sp³-hybridized carbons (Fsp3) is 0.533. The fourth-order valence-electron chi connectivity index (χ4n) is 1.89. The maximum atomic E-state index is 12.1. The maximum absolute atomic E-state index is 12.1. The van der Waals surface area contributed by atoms with Gasteiger partial charge >= 0.3 is 0 Å². The first-order chi connectivity index (χ1) is 10.2. The van der Waals surface area contributed by atoms with Gasteiger partial charge in [0.15, 0.2) is 0 Å². The molecular formula is C15H24N2O4S. The number of ether oxygens (including phenoxy) is 1. The molecule has 0 spiro atoms. The summed E-state index contributed by atoms with van der Waals surface area (Å²) in [6.45, 7) is 5.76. The summed E-state index contributed by atoms with van der Waals surface area (Å²) in [4.78, 5) is 12.1. The Morgan fingerprint density at radius 1 is 1.32 bits per heavy atom. The number of amides is 1. The molecule has 0 heterocycles. The van der Waals surface area contributed by atoms with Crippen LogP contribution >= 0.6 is 0 Å². The van der Waals surface area contributed by atoms with E-state index in [1.165, 1.54) is 0 Å². The number of hydrogen-bond acceptors (Lipinski definition) is 4. The van der Waals surface area contributed by atoms with Gasteiger partial charge in [0, 0.05) is 6.54 Å². The van der Waals surface area contributed by atoms with E-state index in [4.69, 9.17) is 4.74 Å². The molecule has 1 rings (SSSR count). The highest BCUT2D eigenvalue weighted by Gasteiger charge is 2.19. The van der Waals surface area contributed by atoms with E-state index in [2.05, 4.69) is 5.32 Å². The molecule has 0 aliphatic heterocycles. The molecule has 0 fully saturated rings. The van der Waals surface area contributed by atoms with Crippen LogP contribution in [0.3, 0.4) is 0 Å². The summed E-state index contributed by atoms with van der Waals surface area (Å²) in [6.07, 6.45) is 1.73. The zero-order chi connectivity index (χ0) is 16.8. The third-order valence-corrected chi connectivity index (χ3v) is 4.04. The van der Waals surface area contributed by atoms with Crippen molar-refractivity contribution in [2.24, 2.45) is 0 Å². The van der Waals surface area contributed by atoms with Crippen LogP contribution in [0.2, 0.25) is 0 Å². The van der Waals surface area contributed by atoms with E-state index in [-0.39, 0.29) is 12.6 Å². The summed E-state index contributed by atoms with van der Waals surface area (Å²) in [5.41, 5.74) is 0.533. The molecule has 0 aromatic heterocycles. The van der Waals surface area contributed by atoms with Gasteiger partial charge in [-0.3, -0.25) is 4.79 Å². The maximum Gasteiger partial charge on any atom is 0.239 e. The van der Waals surface area contributed by atoms with Crippen molar-refractivity contribution in [3.05, 3.63) is 24.3 Å². The summed E-state index contributed by atoms with van der Waals surface area (Å²) < 4.78 is 30.1. The third-order valence-electron chi connectivity index (χ3n) is 2.79. The zero-order valence-electron chi connectivity index (χ0n) is 13.5. The van der Waals surface area contributed by atoms with Crippen LogP contribution in [0.1, 0.15) is 27.2 Å². The SMILES string of the molecule is CCCN(CC(=O)Nc1ccccc1OC(C)C)S(C)(=O)=O. The van der Waals surface area contributed by atoms with E-state index >= 15 is 0 Å². The quantitative estimate of drug-likeness (QED) is 0.793. The summed E-state index contributed by atoms with van der Waals surface area (Å²) in [7, 11) is -3.40. The van der Waals surface area contributed by atoms with Crippen LogP contribution in [-0.4, -0.2) is 44.1 Å². The van der Waals surface area contributed by atoms with Crippen LogP contribution in [0.15, 0.2) is 24.3 Å². The normalized spacial score (nSPS) is 11.7. The monoisotopic (exact) mass is 328 g/mol. The molecule has 7 heteroatoms. The second-order valence-electron chi connectivity index (χ2n) is 5.31. The summed E-state index contributed by atoms with van der Waals surface area (Å²) in [5.74, 6) is 0.172. The number of para-hydroxylation sites is 2. The predicted octanol–water partition coefficient (Wildman–Crippen LogP) is 2.08. The van der Waals surface area contributed by atoms with Crippen LogP contribution in [0, 0.1) is 0 Å². The van der Waals surface area contributed by atoms with Gasteiger partial charge in [0.05, 0.1) is 24.6 Å². The number of carbonyl (C=O) groups is 1. The van der Waals surface area contributed by atoms with Gasteiger partial charge in [-0.1, -0.05) is 19.1 Å². The van der Waals surface area contributed by atoms with Crippen molar-refractivity contribution in [1.82, 2.24) is 4.31 Å². The van der Waals surface area contributed by atoms with Crippen LogP contribution in [0.4, 0.5) is 5.69 Å². The molecule has 124 valence electrons. The number of nitrogens with one attached hydrogen (secondary N) is 1. The molecule has 0 unspecified atom stereocenters. The first kappa shape index (κ1) is 18.4. The smallest absolute Gasteiger partial charge is 0.239 e. The molecule has 0 aliphatic rings. The van der Waals surface area contributed by atoms with Gasteiger partial charge in [0.1, 0.15) is 5.75 Å². The minimum absolute atomic E-state index is 0.0225. The van der Waals surface area contributed by atoms with E-state index in [9.17, 15) is 13.2 Å². The van der Waals surface area contributed by atoms with Crippen LogP contribution < -0.4 is 10.1 Å². The van der Waals surface area contributed by atoms with Crippen LogP contribution in [-0.2, 0) is 14.8 Å². The molecule has 1 N–H and O–H groups in total. The predicted molar refractivity (Wildman–Crippen MR) is 87.5 cm³/mol. The van der Waals surface area contributed by atoms with Gasteiger partial charge in [-0.25, -0.2) is 8.42 Å². The van der Waals surface area contributed by atoms with Crippen molar-refractivity contribution in [3.63, 3.8) is 0 Å². The van der Waals surface area contributed by atoms with Gasteiger partial charge in [-0.2, -0.15) is 4.31 Å². The van der Waals surface area contributed by atoms with Crippen molar-refractivity contribution in [2.45, 2.75) is 33.3 Å². The van der Waals surface area contributed by atoms with Crippen LogP contribution in [0.25, 0.3) is 0 Å². The Balaban J connectivity index is 2.80. The topological polar surface area (TPSA) is 75.7 Å². The number of benzene rings is 1. The second-order valence-corrected chi connectivity index (χ2v) is 7.29. The summed E-state index contributed by atoms with van der Waals surface area (Å²) in [5, 5.41) is 2.71. The van der Waals surface area contributed by atoms with Crippen molar-refractivity contribution in [3.8, 4) is 5.75 Å².